The molecule has 4 heteroatoms. The van der Waals surface area contributed by atoms with Crippen molar-refractivity contribution < 1.29 is 9.18 Å². The zero-order valence-electron chi connectivity index (χ0n) is 11.3. The van der Waals surface area contributed by atoms with Gasteiger partial charge in [-0.3, -0.25) is 4.79 Å². The van der Waals surface area contributed by atoms with E-state index in [1.807, 2.05) is 26.8 Å². The van der Waals surface area contributed by atoms with E-state index in [0.717, 1.165) is 5.56 Å². The normalized spacial score (nSPS) is 10.8. The Bertz CT molecular complexity index is 589. The molecule has 3 nitrogen and oxygen atoms in total. The Balaban J connectivity index is 2.42. The molecule has 2 rings (SSSR count). The molecule has 0 radical (unpaired) electrons. The maximum atomic E-state index is 13.3. The molecule has 1 N–H and O–H groups in total. The molecular formula is C15H17FN2O. The highest BCUT2D eigenvalue weighted by molar-refractivity contribution is 6.06. The van der Waals surface area contributed by atoms with Gasteiger partial charge in [0.25, 0.3) is 5.91 Å². The Labute approximate surface area is 112 Å². The van der Waals surface area contributed by atoms with Gasteiger partial charge in [-0.05, 0) is 50.6 Å². The van der Waals surface area contributed by atoms with Gasteiger partial charge in [0, 0.05) is 17.9 Å². The molecule has 1 amide bonds. The van der Waals surface area contributed by atoms with Gasteiger partial charge in [-0.1, -0.05) is 6.07 Å². The summed E-state index contributed by atoms with van der Waals surface area (Å²) in [5.74, 6) is -0.498. The third-order valence-corrected chi connectivity index (χ3v) is 2.99. The van der Waals surface area contributed by atoms with Crippen molar-refractivity contribution in [2.24, 2.45) is 0 Å². The Hall–Kier alpha value is -2.10. The van der Waals surface area contributed by atoms with Gasteiger partial charge in [0.2, 0.25) is 0 Å². The highest BCUT2D eigenvalue weighted by Gasteiger charge is 2.23. The second kappa shape index (κ2) is 5.26. The number of rotatable bonds is 3. The zero-order valence-corrected chi connectivity index (χ0v) is 11.3. The predicted molar refractivity (Wildman–Crippen MR) is 73.9 cm³/mol. The van der Waals surface area contributed by atoms with Gasteiger partial charge in [0.1, 0.15) is 11.5 Å². The van der Waals surface area contributed by atoms with Crippen LogP contribution in [0.4, 0.5) is 10.1 Å². The lowest BCUT2D eigenvalue weighted by atomic mass is 10.2. The molecule has 1 aromatic heterocycles. The van der Waals surface area contributed by atoms with E-state index >= 15 is 0 Å². The highest BCUT2D eigenvalue weighted by Crippen LogP contribution is 2.21. The maximum absolute atomic E-state index is 13.3. The van der Waals surface area contributed by atoms with Gasteiger partial charge in [-0.2, -0.15) is 0 Å². The van der Waals surface area contributed by atoms with Gasteiger partial charge >= 0.3 is 0 Å². The molecule has 0 spiro atoms. The van der Waals surface area contributed by atoms with Crippen molar-refractivity contribution in [1.82, 2.24) is 4.98 Å². The average molecular weight is 260 g/mol. The van der Waals surface area contributed by atoms with E-state index < -0.39 is 0 Å². The third-order valence-electron chi connectivity index (χ3n) is 2.99. The Morgan fingerprint density at radius 1 is 1.32 bits per heavy atom. The van der Waals surface area contributed by atoms with Crippen LogP contribution in [-0.2, 0) is 0 Å². The van der Waals surface area contributed by atoms with Gasteiger partial charge in [0.05, 0.1) is 0 Å². The molecule has 0 fully saturated rings. The lowest BCUT2D eigenvalue weighted by Crippen LogP contribution is -2.37. The zero-order chi connectivity index (χ0) is 14.0. The highest BCUT2D eigenvalue weighted by atomic mass is 19.1. The number of aryl methyl sites for hydroxylation is 1. The lowest BCUT2D eigenvalue weighted by Gasteiger charge is -2.26. The minimum absolute atomic E-state index is 0.0583. The number of H-pyrrole nitrogens is 1. The molecule has 1 heterocycles. The van der Waals surface area contributed by atoms with Crippen LogP contribution >= 0.6 is 0 Å². The summed E-state index contributed by atoms with van der Waals surface area (Å²) in [5, 5.41) is 0. The van der Waals surface area contributed by atoms with E-state index in [4.69, 9.17) is 0 Å². The standard InChI is InChI=1S/C15H17FN2O/c1-10(2)18(13-6-4-5-12(16)9-13)15(19)14-11(3)7-8-17-14/h4-10,17H,1-3H3. The number of nitrogens with zero attached hydrogens (tertiary/aromatic N) is 1. The third kappa shape index (κ3) is 2.67. The van der Waals surface area contributed by atoms with Crippen LogP contribution in [0.3, 0.4) is 0 Å². The number of hydrogen-bond donors (Lipinski definition) is 1. The first-order chi connectivity index (χ1) is 9.00. The molecule has 1 aromatic carbocycles. The molecule has 0 aliphatic carbocycles. The second-order valence-corrected chi connectivity index (χ2v) is 4.78. The Morgan fingerprint density at radius 3 is 2.58 bits per heavy atom. The quantitative estimate of drug-likeness (QED) is 0.900. The minimum atomic E-state index is -0.348. The fourth-order valence-electron chi connectivity index (χ4n) is 2.07. The largest absolute Gasteiger partial charge is 0.357 e. The van der Waals surface area contributed by atoms with Crippen molar-refractivity contribution >= 4 is 11.6 Å². The fraction of sp³-hybridized carbons (Fsp3) is 0.267. The van der Waals surface area contributed by atoms with Gasteiger partial charge in [-0.15, -0.1) is 0 Å². The SMILES string of the molecule is Cc1cc[nH]c1C(=O)N(c1cccc(F)c1)C(C)C. The molecule has 0 aliphatic heterocycles. The molecule has 0 bridgehead atoms. The number of aromatic amines is 1. The first-order valence-electron chi connectivity index (χ1n) is 6.24. The van der Waals surface area contributed by atoms with Gasteiger partial charge in [-0.25, -0.2) is 4.39 Å². The van der Waals surface area contributed by atoms with Gasteiger partial charge < -0.3 is 9.88 Å². The smallest absolute Gasteiger partial charge is 0.275 e. The summed E-state index contributed by atoms with van der Waals surface area (Å²) in [5.41, 5.74) is 1.99. The molecule has 100 valence electrons. The molecule has 0 unspecified atom stereocenters. The van der Waals surface area contributed by atoms with E-state index in [-0.39, 0.29) is 17.8 Å². The van der Waals surface area contributed by atoms with Crippen LogP contribution in [-0.4, -0.2) is 16.9 Å². The topological polar surface area (TPSA) is 36.1 Å². The Kier molecular flexibility index (Phi) is 3.69. The monoisotopic (exact) mass is 260 g/mol. The van der Waals surface area contributed by atoms with E-state index in [1.54, 1.807) is 23.2 Å². The molecule has 0 saturated heterocycles. The van der Waals surface area contributed by atoms with Crippen LogP contribution < -0.4 is 4.90 Å². The van der Waals surface area contributed by atoms with E-state index in [1.165, 1.54) is 12.1 Å². The summed E-state index contributed by atoms with van der Waals surface area (Å²) in [6.45, 7) is 5.68. The number of nitrogens with one attached hydrogen (secondary N) is 1. The van der Waals surface area contributed by atoms with Crippen LogP contribution in [0, 0.1) is 12.7 Å². The molecule has 19 heavy (non-hydrogen) atoms. The maximum Gasteiger partial charge on any atom is 0.275 e. The summed E-state index contributed by atoms with van der Waals surface area (Å²) in [6, 6.07) is 7.87. The van der Waals surface area contributed by atoms with E-state index in [2.05, 4.69) is 4.98 Å². The summed E-state index contributed by atoms with van der Waals surface area (Å²) in [7, 11) is 0. The van der Waals surface area contributed by atoms with Crippen LogP contribution in [0.15, 0.2) is 36.5 Å². The number of amides is 1. The molecular weight excluding hydrogens is 243 g/mol. The number of carbonyl (C=O) groups is 1. The first-order valence-corrected chi connectivity index (χ1v) is 6.24. The van der Waals surface area contributed by atoms with Crippen LogP contribution in [0.25, 0.3) is 0 Å². The Morgan fingerprint density at radius 2 is 2.05 bits per heavy atom. The fourth-order valence-corrected chi connectivity index (χ4v) is 2.07. The number of halogens is 1. The first kappa shape index (κ1) is 13.3. The van der Waals surface area contributed by atoms with Crippen molar-refractivity contribution in [2.45, 2.75) is 26.8 Å². The summed E-state index contributed by atoms with van der Waals surface area (Å²) >= 11 is 0. The summed E-state index contributed by atoms with van der Waals surface area (Å²) in [6.07, 6.45) is 1.73. The van der Waals surface area contributed by atoms with Crippen molar-refractivity contribution in [3.63, 3.8) is 0 Å². The molecule has 0 atom stereocenters. The van der Waals surface area contributed by atoms with E-state index in [9.17, 15) is 9.18 Å². The second-order valence-electron chi connectivity index (χ2n) is 4.78. The van der Waals surface area contributed by atoms with Crippen molar-refractivity contribution in [3.05, 3.63) is 53.6 Å². The van der Waals surface area contributed by atoms with Crippen molar-refractivity contribution in [2.75, 3.05) is 4.90 Å². The van der Waals surface area contributed by atoms with Crippen LogP contribution in [0.5, 0.6) is 0 Å². The minimum Gasteiger partial charge on any atom is -0.357 e. The molecule has 2 aromatic rings. The van der Waals surface area contributed by atoms with Crippen LogP contribution in [0.1, 0.15) is 29.9 Å². The van der Waals surface area contributed by atoms with Crippen LogP contribution in [0.2, 0.25) is 0 Å². The summed E-state index contributed by atoms with van der Waals surface area (Å²) in [4.78, 5) is 17.1. The number of carbonyl (C=O) groups excluding carboxylic acids is 1. The molecule has 0 aliphatic rings. The van der Waals surface area contributed by atoms with E-state index in [0.29, 0.717) is 11.4 Å². The average Bonchev–Trinajstić information content (AvgIpc) is 2.75. The summed E-state index contributed by atoms with van der Waals surface area (Å²) < 4.78 is 13.3. The predicted octanol–water partition coefficient (Wildman–Crippen LogP) is 3.52. The van der Waals surface area contributed by atoms with Crippen molar-refractivity contribution in [3.8, 4) is 0 Å². The lowest BCUT2D eigenvalue weighted by molar-refractivity contribution is 0.0975. The van der Waals surface area contributed by atoms with Crippen molar-refractivity contribution in [1.29, 1.82) is 0 Å². The van der Waals surface area contributed by atoms with Gasteiger partial charge in [0.15, 0.2) is 0 Å². The molecule has 0 saturated carbocycles. The number of benzene rings is 1. The number of hydrogen-bond acceptors (Lipinski definition) is 1. The number of anilines is 1. The number of aromatic nitrogens is 1.